The summed E-state index contributed by atoms with van der Waals surface area (Å²) in [5.74, 6) is 0.602. The molecule has 1 aromatic rings. The zero-order valence-corrected chi connectivity index (χ0v) is 10.8. The van der Waals surface area contributed by atoms with Gasteiger partial charge in [-0.15, -0.1) is 0 Å². The molecule has 0 saturated heterocycles. The normalized spacial score (nSPS) is 19.1. The Morgan fingerprint density at radius 2 is 1.94 bits per heavy atom. The summed E-state index contributed by atoms with van der Waals surface area (Å²) in [6.07, 6.45) is 5.88. The third-order valence-electron chi connectivity index (χ3n) is 3.18. The maximum Gasteiger partial charge on any atom is 0.0615 e. The van der Waals surface area contributed by atoms with Crippen molar-refractivity contribution in [2.24, 2.45) is 4.99 Å². The van der Waals surface area contributed by atoms with E-state index in [-0.39, 0.29) is 0 Å². The van der Waals surface area contributed by atoms with Crippen molar-refractivity contribution >= 4 is 6.21 Å². The van der Waals surface area contributed by atoms with Crippen LogP contribution in [0.2, 0.25) is 0 Å². The van der Waals surface area contributed by atoms with Crippen LogP contribution in [0.15, 0.2) is 41.7 Å². The highest BCUT2D eigenvalue weighted by Gasteiger charge is 2.10. The first-order valence-electron chi connectivity index (χ1n) is 6.21. The maximum atomic E-state index is 4.14. The quantitative estimate of drug-likeness (QED) is 0.772. The predicted octanol–water partition coefficient (Wildman–Crippen LogP) is 3.56. The Balaban J connectivity index is 2.04. The van der Waals surface area contributed by atoms with Gasteiger partial charge in [-0.1, -0.05) is 38.1 Å². The fourth-order valence-corrected chi connectivity index (χ4v) is 1.94. The number of hydrogen-bond donors (Lipinski definition) is 0. The fraction of sp³-hybridized carbons (Fsp3) is 0.400. The van der Waals surface area contributed by atoms with Gasteiger partial charge in [0, 0.05) is 25.2 Å². The van der Waals surface area contributed by atoms with Gasteiger partial charge in [0.05, 0.1) is 6.04 Å². The second-order valence-corrected chi connectivity index (χ2v) is 4.91. The molecule has 1 atom stereocenters. The Hall–Kier alpha value is -1.57. The van der Waals surface area contributed by atoms with Gasteiger partial charge in [-0.3, -0.25) is 4.99 Å². The first-order valence-corrected chi connectivity index (χ1v) is 6.21. The predicted molar refractivity (Wildman–Crippen MR) is 73.2 cm³/mol. The summed E-state index contributed by atoms with van der Waals surface area (Å²) in [5, 5.41) is 0. The molecule has 90 valence electrons. The van der Waals surface area contributed by atoms with E-state index in [1.165, 1.54) is 11.1 Å². The van der Waals surface area contributed by atoms with E-state index >= 15 is 0 Å². The number of benzene rings is 1. The van der Waals surface area contributed by atoms with Crippen LogP contribution in [0, 0.1) is 0 Å². The minimum absolute atomic E-state index is 0.379. The average molecular weight is 228 g/mol. The standard InChI is InChI=1S/C15H20N2/c1-12(2)15-6-4-14(5-7-15)11-17-9-8-16-10-13(17)3/h4-10,12-13H,11H2,1-3H3. The zero-order valence-electron chi connectivity index (χ0n) is 10.8. The molecule has 2 nitrogen and oxygen atoms in total. The topological polar surface area (TPSA) is 15.6 Å². The Bertz CT molecular complexity index is 415. The molecule has 1 aromatic carbocycles. The fourth-order valence-electron chi connectivity index (χ4n) is 1.94. The van der Waals surface area contributed by atoms with Crippen molar-refractivity contribution in [1.82, 2.24) is 4.90 Å². The summed E-state index contributed by atoms with van der Waals surface area (Å²) in [6.45, 7) is 7.55. The van der Waals surface area contributed by atoms with Gasteiger partial charge in [0.25, 0.3) is 0 Å². The molecule has 1 heterocycles. The van der Waals surface area contributed by atoms with Crippen molar-refractivity contribution in [3.63, 3.8) is 0 Å². The molecule has 17 heavy (non-hydrogen) atoms. The van der Waals surface area contributed by atoms with E-state index in [1.807, 2.05) is 12.4 Å². The highest BCUT2D eigenvalue weighted by Crippen LogP contribution is 2.16. The first-order chi connectivity index (χ1) is 8.16. The van der Waals surface area contributed by atoms with Crippen LogP contribution in [0.5, 0.6) is 0 Å². The maximum absolute atomic E-state index is 4.14. The molecule has 1 aliphatic rings. The van der Waals surface area contributed by atoms with Gasteiger partial charge in [0.2, 0.25) is 0 Å². The summed E-state index contributed by atoms with van der Waals surface area (Å²) in [5.41, 5.74) is 2.75. The minimum Gasteiger partial charge on any atom is -0.364 e. The number of nitrogens with zero attached hydrogens (tertiary/aromatic N) is 2. The minimum atomic E-state index is 0.379. The molecule has 1 aliphatic heterocycles. The summed E-state index contributed by atoms with van der Waals surface area (Å²) >= 11 is 0. The molecular weight excluding hydrogens is 208 g/mol. The van der Waals surface area contributed by atoms with Crippen LogP contribution in [0.1, 0.15) is 37.8 Å². The lowest BCUT2D eigenvalue weighted by molar-refractivity contribution is 0.343. The second-order valence-electron chi connectivity index (χ2n) is 4.91. The van der Waals surface area contributed by atoms with E-state index in [0.29, 0.717) is 12.0 Å². The van der Waals surface area contributed by atoms with Crippen molar-refractivity contribution in [3.05, 3.63) is 47.8 Å². The smallest absolute Gasteiger partial charge is 0.0615 e. The van der Waals surface area contributed by atoms with Crippen LogP contribution >= 0.6 is 0 Å². The molecule has 0 amide bonds. The van der Waals surface area contributed by atoms with Gasteiger partial charge in [0.1, 0.15) is 0 Å². The summed E-state index contributed by atoms with van der Waals surface area (Å²) in [7, 11) is 0. The van der Waals surface area contributed by atoms with Gasteiger partial charge in [-0.2, -0.15) is 0 Å². The van der Waals surface area contributed by atoms with Gasteiger partial charge in [-0.25, -0.2) is 0 Å². The van der Waals surface area contributed by atoms with E-state index in [4.69, 9.17) is 0 Å². The summed E-state index contributed by atoms with van der Waals surface area (Å²) < 4.78 is 0. The average Bonchev–Trinajstić information content (AvgIpc) is 2.33. The second kappa shape index (κ2) is 5.17. The molecule has 0 radical (unpaired) electrons. The Morgan fingerprint density at radius 1 is 1.24 bits per heavy atom. The van der Waals surface area contributed by atoms with E-state index in [1.54, 1.807) is 0 Å². The van der Waals surface area contributed by atoms with Gasteiger partial charge < -0.3 is 4.90 Å². The third kappa shape index (κ3) is 2.96. The number of rotatable bonds is 3. The largest absolute Gasteiger partial charge is 0.364 e. The van der Waals surface area contributed by atoms with Crippen LogP contribution in [0.25, 0.3) is 0 Å². The molecule has 1 unspecified atom stereocenters. The van der Waals surface area contributed by atoms with Crippen LogP contribution in [0.4, 0.5) is 0 Å². The lowest BCUT2D eigenvalue weighted by Gasteiger charge is -2.26. The number of aliphatic imine (C=N–C) groups is 1. The first kappa shape index (κ1) is 11.9. The lowest BCUT2D eigenvalue weighted by atomic mass is 10.0. The third-order valence-corrected chi connectivity index (χ3v) is 3.18. The van der Waals surface area contributed by atoms with Gasteiger partial charge in [0.15, 0.2) is 0 Å². The van der Waals surface area contributed by atoms with Crippen molar-refractivity contribution in [2.75, 3.05) is 0 Å². The Kier molecular flexibility index (Phi) is 3.62. The van der Waals surface area contributed by atoms with Crippen molar-refractivity contribution in [3.8, 4) is 0 Å². The molecule has 0 saturated carbocycles. The zero-order chi connectivity index (χ0) is 12.3. The summed E-state index contributed by atoms with van der Waals surface area (Å²) in [6, 6.07) is 9.28. The Morgan fingerprint density at radius 3 is 2.53 bits per heavy atom. The molecule has 2 heteroatoms. The molecule has 0 aliphatic carbocycles. The molecule has 0 spiro atoms. The van der Waals surface area contributed by atoms with Gasteiger partial charge in [-0.05, 0) is 24.0 Å². The van der Waals surface area contributed by atoms with E-state index in [0.717, 1.165) is 6.54 Å². The van der Waals surface area contributed by atoms with Crippen molar-refractivity contribution in [2.45, 2.75) is 39.3 Å². The van der Waals surface area contributed by atoms with Crippen LogP contribution in [0.3, 0.4) is 0 Å². The van der Waals surface area contributed by atoms with E-state index < -0.39 is 0 Å². The van der Waals surface area contributed by atoms with Crippen molar-refractivity contribution < 1.29 is 0 Å². The molecular formula is C15H20N2. The number of hydrogen-bond acceptors (Lipinski definition) is 2. The molecule has 2 rings (SSSR count). The van der Waals surface area contributed by atoms with Gasteiger partial charge >= 0.3 is 0 Å². The SMILES string of the molecule is CC(C)c1ccc(CN2C=CN=CC2C)cc1. The van der Waals surface area contributed by atoms with E-state index in [2.05, 4.69) is 61.1 Å². The van der Waals surface area contributed by atoms with Crippen LogP contribution in [-0.2, 0) is 6.54 Å². The molecule has 0 fully saturated rings. The highest BCUT2D eigenvalue weighted by atomic mass is 15.2. The molecule has 0 N–H and O–H groups in total. The monoisotopic (exact) mass is 228 g/mol. The van der Waals surface area contributed by atoms with Crippen molar-refractivity contribution in [1.29, 1.82) is 0 Å². The molecule has 0 bridgehead atoms. The molecule has 0 aromatic heterocycles. The summed E-state index contributed by atoms with van der Waals surface area (Å²) in [4.78, 5) is 6.43. The lowest BCUT2D eigenvalue weighted by Crippen LogP contribution is -2.30. The highest BCUT2D eigenvalue weighted by molar-refractivity contribution is 5.65. The Labute approximate surface area is 104 Å². The van der Waals surface area contributed by atoms with Crippen LogP contribution in [-0.4, -0.2) is 17.2 Å². The van der Waals surface area contributed by atoms with Crippen LogP contribution < -0.4 is 0 Å². The van der Waals surface area contributed by atoms with E-state index in [9.17, 15) is 0 Å².